The minimum Gasteiger partial charge on any atom is -0.378 e. The predicted octanol–water partition coefficient (Wildman–Crippen LogP) is 3.72. The van der Waals surface area contributed by atoms with Gasteiger partial charge in [0.2, 0.25) is 0 Å². The number of para-hydroxylation sites is 1. The van der Waals surface area contributed by atoms with Gasteiger partial charge in [0, 0.05) is 19.4 Å². The van der Waals surface area contributed by atoms with Crippen molar-refractivity contribution in [1.29, 1.82) is 0 Å². The molecule has 0 saturated carbocycles. The summed E-state index contributed by atoms with van der Waals surface area (Å²) in [6.45, 7) is 0.301. The Morgan fingerprint density at radius 3 is 2.48 bits per heavy atom. The molecule has 33 heavy (non-hydrogen) atoms. The van der Waals surface area contributed by atoms with Gasteiger partial charge in [-0.1, -0.05) is 12.1 Å². The zero-order valence-corrected chi connectivity index (χ0v) is 18.3. The Morgan fingerprint density at radius 1 is 1.03 bits per heavy atom. The lowest BCUT2D eigenvalue weighted by molar-refractivity contribution is 0.142. The number of imidazole rings is 1. The molecule has 0 bridgehead atoms. The fourth-order valence-electron chi connectivity index (χ4n) is 3.09. The Balaban J connectivity index is 1.76. The number of hydrogen-bond donors (Lipinski definition) is 3. The van der Waals surface area contributed by atoms with Gasteiger partial charge in [-0.2, -0.15) is 5.10 Å². The largest absolute Gasteiger partial charge is 0.378 e. The van der Waals surface area contributed by atoms with Gasteiger partial charge in [-0.3, -0.25) is 0 Å². The van der Waals surface area contributed by atoms with E-state index in [0.717, 1.165) is 6.26 Å². The van der Waals surface area contributed by atoms with Crippen molar-refractivity contribution in [3.63, 3.8) is 0 Å². The number of nitrogens with zero attached hydrogens (tertiary/aromatic N) is 4. The number of sulfone groups is 1. The summed E-state index contributed by atoms with van der Waals surface area (Å²) in [4.78, 5) is 10.7. The number of ether oxygens (including phenoxy) is 1. The molecule has 3 aromatic heterocycles. The minimum atomic E-state index is -3.55. The first-order chi connectivity index (χ1) is 15.7. The fraction of sp³-hybridized carbons (Fsp3) is 0.200. The second kappa shape index (κ2) is 9.03. The van der Waals surface area contributed by atoms with Crippen molar-refractivity contribution in [2.75, 3.05) is 24.0 Å². The number of aromatic nitrogens is 5. The third-order valence-corrected chi connectivity index (χ3v) is 5.67. The monoisotopic (exact) mass is 475 g/mol. The fourth-order valence-corrected chi connectivity index (χ4v) is 3.94. The highest BCUT2D eigenvalue weighted by atomic mass is 32.2. The van der Waals surface area contributed by atoms with Crippen LogP contribution in [0.25, 0.3) is 11.2 Å². The number of halogens is 2. The molecule has 3 N–H and O–H groups in total. The summed E-state index contributed by atoms with van der Waals surface area (Å²) in [5.74, 6) is 0.0366. The summed E-state index contributed by atoms with van der Waals surface area (Å²) >= 11 is 0. The van der Waals surface area contributed by atoms with E-state index < -0.39 is 22.1 Å². The highest BCUT2D eigenvalue weighted by Gasteiger charge is 2.19. The molecule has 0 aliphatic rings. The van der Waals surface area contributed by atoms with E-state index in [1.54, 1.807) is 37.4 Å². The number of aromatic amines is 1. The van der Waals surface area contributed by atoms with Crippen LogP contribution < -0.4 is 10.6 Å². The van der Waals surface area contributed by atoms with Gasteiger partial charge in [-0.25, -0.2) is 27.2 Å². The van der Waals surface area contributed by atoms with Crippen molar-refractivity contribution in [1.82, 2.24) is 25.1 Å². The molecule has 0 amide bonds. The molecule has 0 fully saturated rings. The Hall–Kier alpha value is -3.71. The van der Waals surface area contributed by atoms with Gasteiger partial charge in [-0.15, -0.1) is 5.10 Å². The van der Waals surface area contributed by atoms with Crippen molar-refractivity contribution in [3.8, 4) is 0 Å². The van der Waals surface area contributed by atoms with E-state index in [9.17, 15) is 17.2 Å². The number of methoxy groups -OCH3 is 1. The number of alkyl halides is 2. The van der Waals surface area contributed by atoms with Crippen LogP contribution in [0.3, 0.4) is 0 Å². The third kappa shape index (κ3) is 5.04. The first-order valence-electron chi connectivity index (χ1n) is 9.58. The molecule has 13 heteroatoms. The van der Waals surface area contributed by atoms with Gasteiger partial charge in [0.05, 0.1) is 28.6 Å². The van der Waals surface area contributed by atoms with Crippen molar-refractivity contribution >= 4 is 44.0 Å². The molecule has 172 valence electrons. The average molecular weight is 475 g/mol. The number of anilines is 4. The number of fused-ring (bicyclic) bond motifs is 1. The predicted molar refractivity (Wildman–Crippen MR) is 118 cm³/mol. The molecular weight excluding hydrogens is 456 g/mol. The number of nitrogens with one attached hydrogen (secondary N) is 3. The normalized spacial score (nSPS) is 11.8. The zero-order chi connectivity index (χ0) is 23.6. The highest BCUT2D eigenvalue weighted by molar-refractivity contribution is 7.90. The highest BCUT2D eigenvalue weighted by Crippen LogP contribution is 2.32. The molecule has 0 atom stereocenters. The summed E-state index contributed by atoms with van der Waals surface area (Å²) in [6.07, 6.45) is -1.76. The molecule has 3 heterocycles. The summed E-state index contributed by atoms with van der Waals surface area (Å²) < 4.78 is 55.9. The van der Waals surface area contributed by atoms with Crippen molar-refractivity contribution < 1.29 is 21.9 Å². The van der Waals surface area contributed by atoms with Crippen LogP contribution >= 0.6 is 0 Å². The van der Waals surface area contributed by atoms with E-state index in [1.807, 2.05) is 0 Å². The van der Waals surface area contributed by atoms with Crippen LogP contribution in [-0.4, -0.2) is 46.9 Å². The number of benzene rings is 1. The maximum Gasteiger partial charge on any atom is 0.295 e. The van der Waals surface area contributed by atoms with Crippen molar-refractivity contribution in [2.45, 2.75) is 17.9 Å². The topological polar surface area (TPSA) is 135 Å². The van der Waals surface area contributed by atoms with E-state index in [1.165, 1.54) is 12.1 Å². The van der Waals surface area contributed by atoms with E-state index in [2.05, 4.69) is 35.8 Å². The molecular formula is C20H19F2N7O3S. The van der Waals surface area contributed by atoms with Crippen LogP contribution in [0.1, 0.15) is 17.9 Å². The zero-order valence-electron chi connectivity index (χ0n) is 17.5. The quantitative estimate of drug-likeness (QED) is 0.348. The molecule has 0 radical (unpaired) electrons. The number of H-pyrrole nitrogens is 1. The van der Waals surface area contributed by atoms with Crippen LogP contribution in [0, 0.1) is 0 Å². The minimum absolute atomic E-state index is 0.0126. The molecule has 4 aromatic rings. The second-order valence-corrected chi connectivity index (χ2v) is 9.02. The van der Waals surface area contributed by atoms with E-state index in [4.69, 9.17) is 4.74 Å². The van der Waals surface area contributed by atoms with Gasteiger partial charge >= 0.3 is 0 Å². The SMILES string of the molecule is COCc1ccc(Nc2cc(Nc3ccccc3S(C)(=O)=O)c3[nH]c(C(F)F)nc3n2)nn1. The number of pyridine rings is 1. The van der Waals surface area contributed by atoms with Crippen molar-refractivity contribution in [2.24, 2.45) is 0 Å². The van der Waals surface area contributed by atoms with Crippen LogP contribution in [0.2, 0.25) is 0 Å². The number of rotatable bonds is 8. The van der Waals surface area contributed by atoms with Crippen LogP contribution in [-0.2, 0) is 21.2 Å². The molecule has 0 aliphatic carbocycles. The summed E-state index contributed by atoms with van der Waals surface area (Å²) in [5, 5.41) is 14.0. The number of hydrogen-bond acceptors (Lipinski definition) is 9. The lowest BCUT2D eigenvalue weighted by atomic mass is 10.2. The summed E-state index contributed by atoms with van der Waals surface area (Å²) in [7, 11) is -2.01. The molecule has 4 rings (SSSR count). The van der Waals surface area contributed by atoms with E-state index in [0.29, 0.717) is 23.8 Å². The summed E-state index contributed by atoms with van der Waals surface area (Å²) in [5.41, 5.74) is 1.40. The lowest BCUT2D eigenvalue weighted by Crippen LogP contribution is -2.04. The van der Waals surface area contributed by atoms with Gasteiger partial charge in [0.15, 0.2) is 27.1 Å². The maximum absolute atomic E-state index is 13.3. The Morgan fingerprint density at radius 2 is 1.82 bits per heavy atom. The van der Waals surface area contributed by atoms with Gasteiger partial charge in [0.25, 0.3) is 6.43 Å². The third-order valence-electron chi connectivity index (χ3n) is 4.51. The van der Waals surface area contributed by atoms with E-state index in [-0.39, 0.29) is 27.6 Å². The smallest absolute Gasteiger partial charge is 0.295 e. The Bertz CT molecular complexity index is 1390. The second-order valence-electron chi connectivity index (χ2n) is 7.04. The van der Waals surface area contributed by atoms with E-state index >= 15 is 0 Å². The molecule has 0 spiro atoms. The lowest BCUT2D eigenvalue weighted by Gasteiger charge is -2.13. The molecule has 0 saturated heterocycles. The van der Waals surface area contributed by atoms with Crippen LogP contribution in [0.5, 0.6) is 0 Å². The molecule has 0 unspecified atom stereocenters. The van der Waals surface area contributed by atoms with Gasteiger partial charge < -0.3 is 20.4 Å². The first-order valence-corrected chi connectivity index (χ1v) is 11.5. The van der Waals surface area contributed by atoms with Crippen molar-refractivity contribution in [3.05, 3.63) is 54.0 Å². The first kappa shape index (κ1) is 22.5. The molecule has 0 aliphatic heterocycles. The van der Waals surface area contributed by atoms with Crippen LogP contribution in [0.4, 0.5) is 31.8 Å². The Labute approximate surface area is 187 Å². The molecule has 1 aromatic carbocycles. The summed E-state index contributed by atoms with van der Waals surface area (Å²) in [6, 6.07) is 11.2. The maximum atomic E-state index is 13.3. The van der Waals surface area contributed by atoms with Gasteiger partial charge in [0.1, 0.15) is 11.3 Å². The standard InChI is InChI=1S/C20H19F2N7O3S/c1-32-10-11-7-8-15(29-28-11)24-16-9-13(17-19(25-16)27-20(26-17)18(21)22)23-12-5-3-4-6-14(12)33(2,30)31/h3-9,18H,10H2,1-2H3,(H3,23,24,25,26,27,29). The average Bonchev–Trinajstić information content (AvgIpc) is 3.20. The molecule has 10 nitrogen and oxygen atoms in total. The van der Waals surface area contributed by atoms with Gasteiger partial charge in [-0.05, 0) is 24.3 Å². The Kier molecular flexibility index (Phi) is 6.16. The van der Waals surface area contributed by atoms with Crippen LogP contribution in [0.15, 0.2) is 47.4 Å².